The van der Waals surface area contributed by atoms with Crippen LogP contribution in [0.4, 0.5) is 25.8 Å². The molecule has 3 N–H and O–H groups in total. The van der Waals surface area contributed by atoms with Gasteiger partial charge in [-0.1, -0.05) is 0 Å². The molecule has 0 spiro atoms. The van der Waals surface area contributed by atoms with E-state index in [1.54, 1.807) is 0 Å². The lowest BCUT2D eigenvalue weighted by atomic mass is 10.1. The molecular weight excluding hydrogens is 390 g/mol. The number of hydrogen-bond acceptors (Lipinski definition) is 6. The zero-order valence-electron chi connectivity index (χ0n) is 15.3. The number of nitro benzene ring substituents is 1. The number of carbonyl (C=O) groups excluding carboxylic acids is 2. The van der Waals surface area contributed by atoms with Crippen molar-refractivity contribution in [2.24, 2.45) is 0 Å². The molecule has 154 valence electrons. The van der Waals surface area contributed by atoms with E-state index >= 15 is 0 Å². The molecule has 2 aromatic carbocycles. The molecule has 0 heterocycles. The molecule has 0 radical (unpaired) electrons. The van der Waals surface area contributed by atoms with E-state index in [1.165, 1.54) is 19.2 Å². The largest absolute Gasteiger partial charge is 0.383 e. The quantitative estimate of drug-likeness (QED) is 0.332. The zero-order chi connectivity index (χ0) is 21.4. The predicted octanol–water partition coefficient (Wildman–Crippen LogP) is 2.30. The molecule has 0 aliphatic heterocycles. The second-order valence-corrected chi connectivity index (χ2v) is 5.77. The smallest absolute Gasteiger partial charge is 0.293 e. The van der Waals surface area contributed by atoms with Crippen molar-refractivity contribution >= 4 is 28.9 Å². The summed E-state index contributed by atoms with van der Waals surface area (Å²) in [5, 5.41) is 18.7. The molecule has 0 aliphatic rings. The Balaban J connectivity index is 1.98. The minimum absolute atomic E-state index is 0.0188. The topological polar surface area (TPSA) is 123 Å². The van der Waals surface area contributed by atoms with Gasteiger partial charge in [0.1, 0.15) is 5.69 Å². The summed E-state index contributed by atoms with van der Waals surface area (Å²) in [6.45, 7) is 0.207. The summed E-state index contributed by atoms with van der Waals surface area (Å²) in [4.78, 5) is 34.6. The summed E-state index contributed by atoms with van der Waals surface area (Å²) in [6.07, 6.45) is 0. The zero-order valence-corrected chi connectivity index (χ0v) is 15.3. The molecule has 2 rings (SSSR count). The first-order valence-corrected chi connectivity index (χ1v) is 8.36. The highest BCUT2D eigenvalue weighted by atomic mass is 19.2. The van der Waals surface area contributed by atoms with Gasteiger partial charge in [0.05, 0.1) is 18.1 Å². The number of anilines is 2. The highest BCUT2D eigenvalue weighted by Gasteiger charge is 2.18. The van der Waals surface area contributed by atoms with Crippen molar-refractivity contribution in [1.82, 2.24) is 5.32 Å². The van der Waals surface area contributed by atoms with Crippen molar-refractivity contribution in [3.05, 3.63) is 63.7 Å². The Labute approximate surface area is 164 Å². The monoisotopic (exact) mass is 408 g/mol. The lowest BCUT2D eigenvalue weighted by Gasteiger charge is -2.09. The Morgan fingerprint density at radius 1 is 1.14 bits per heavy atom. The van der Waals surface area contributed by atoms with Crippen LogP contribution in [-0.4, -0.2) is 43.5 Å². The van der Waals surface area contributed by atoms with Crippen molar-refractivity contribution in [3.63, 3.8) is 0 Å². The molecule has 29 heavy (non-hydrogen) atoms. The first kappa shape index (κ1) is 21.7. The third-order valence-electron chi connectivity index (χ3n) is 3.69. The first-order valence-electron chi connectivity index (χ1n) is 8.36. The van der Waals surface area contributed by atoms with E-state index in [0.717, 1.165) is 24.3 Å². The number of nitrogens with zero attached hydrogens (tertiary/aromatic N) is 1. The number of nitro groups is 1. The third-order valence-corrected chi connectivity index (χ3v) is 3.69. The van der Waals surface area contributed by atoms with Gasteiger partial charge in [0.25, 0.3) is 11.6 Å². The Bertz CT molecular complexity index is 923. The molecule has 2 aromatic rings. The van der Waals surface area contributed by atoms with Gasteiger partial charge >= 0.3 is 0 Å². The third kappa shape index (κ3) is 6.21. The fourth-order valence-electron chi connectivity index (χ4n) is 2.30. The average molecular weight is 408 g/mol. The van der Waals surface area contributed by atoms with Crippen LogP contribution in [0.5, 0.6) is 0 Å². The number of ether oxygens (including phenoxy) is 1. The Morgan fingerprint density at radius 3 is 2.55 bits per heavy atom. The molecule has 0 atom stereocenters. The summed E-state index contributed by atoms with van der Waals surface area (Å²) < 4.78 is 30.9. The van der Waals surface area contributed by atoms with Gasteiger partial charge in [0.2, 0.25) is 5.91 Å². The molecule has 0 unspecified atom stereocenters. The molecule has 2 amide bonds. The summed E-state index contributed by atoms with van der Waals surface area (Å²) in [7, 11) is 1.49. The molecule has 0 bridgehead atoms. The molecule has 0 aromatic heterocycles. The van der Waals surface area contributed by atoms with Crippen LogP contribution in [0.1, 0.15) is 10.4 Å². The minimum atomic E-state index is -1.13. The van der Waals surface area contributed by atoms with Crippen LogP contribution in [0, 0.1) is 21.7 Å². The van der Waals surface area contributed by atoms with Crippen LogP contribution in [-0.2, 0) is 9.53 Å². The van der Waals surface area contributed by atoms with E-state index in [9.17, 15) is 28.5 Å². The highest BCUT2D eigenvalue weighted by molar-refractivity contribution is 6.00. The molecule has 0 fully saturated rings. The molecule has 11 heteroatoms. The number of halogens is 2. The molecule has 0 saturated heterocycles. The van der Waals surface area contributed by atoms with Crippen LogP contribution < -0.4 is 16.0 Å². The Hall–Kier alpha value is -3.60. The van der Waals surface area contributed by atoms with Crippen molar-refractivity contribution in [1.29, 1.82) is 0 Å². The number of nitrogens with one attached hydrogen (secondary N) is 3. The second kappa shape index (κ2) is 10.1. The SMILES string of the molecule is COCCNc1ccc(C(=O)NCC(=O)Nc2ccc(F)c(F)c2)cc1[N+](=O)[O-]. The van der Waals surface area contributed by atoms with Crippen molar-refractivity contribution in [2.45, 2.75) is 0 Å². The fraction of sp³-hybridized carbons (Fsp3) is 0.222. The summed E-state index contributed by atoms with van der Waals surface area (Å²) >= 11 is 0. The number of rotatable bonds is 9. The van der Waals surface area contributed by atoms with E-state index in [4.69, 9.17) is 4.74 Å². The number of methoxy groups -OCH3 is 1. The van der Waals surface area contributed by atoms with Crippen LogP contribution in [0.3, 0.4) is 0 Å². The van der Waals surface area contributed by atoms with Crippen molar-refractivity contribution in [3.8, 4) is 0 Å². The fourth-order valence-corrected chi connectivity index (χ4v) is 2.30. The standard InChI is InChI=1S/C18H18F2N4O5/c1-29-7-6-21-15-5-2-11(8-16(15)24(27)28)18(26)22-10-17(25)23-12-3-4-13(19)14(20)9-12/h2-5,8-9,21H,6-7,10H2,1H3,(H,22,26)(H,23,25). The molecule has 9 nitrogen and oxygen atoms in total. The maximum Gasteiger partial charge on any atom is 0.293 e. The van der Waals surface area contributed by atoms with Gasteiger partial charge in [-0.2, -0.15) is 0 Å². The van der Waals surface area contributed by atoms with Crippen molar-refractivity contribution < 1.29 is 28.0 Å². The van der Waals surface area contributed by atoms with Gasteiger partial charge in [-0.15, -0.1) is 0 Å². The lowest BCUT2D eigenvalue weighted by Crippen LogP contribution is -2.32. The highest BCUT2D eigenvalue weighted by Crippen LogP contribution is 2.25. The Morgan fingerprint density at radius 2 is 1.90 bits per heavy atom. The van der Waals surface area contributed by atoms with Crippen LogP contribution in [0.25, 0.3) is 0 Å². The van der Waals surface area contributed by atoms with E-state index < -0.39 is 34.9 Å². The van der Waals surface area contributed by atoms with Gasteiger partial charge in [-0.05, 0) is 24.3 Å². The van der Waals surface area contributed by atoms with Crippen LogP contribution in [0.15, 0.2) is 36.4 Å². The first-order chi connectivity index (χ1) is 13.8. The van der Waals surface area contributed by atoms with Crippen molar-refractivity contribution in [2.75, 3.05) is 37.4 Å². The second-order valence-electron chi connectivity index (χ2n) is 5.77. The molecule has 0 saturated carbocycles. The van der Waals surface area contributed by atoms with Gasteiger partial charge in [-0.25, -0.2) is 8.78 Å². The average Bonchev–Trinajstić information content (AvgIpc) is 2.69. The van der Waals surface area contributed by atoms with E-state index in [0.29, 0.717) is 13.2 Å². The predicted molar refractivity (Wildman–Crippen MR) is 101 cm³/mol. The normalized spacial score (nSPS) is 10.3. The lowest BCUT2D eigenvalue weighted by molar-refractivity contribution is -0.384. The molecular formula is C18H18F2N4O5. The van der Waals surface area contributed by atoms with E-state index in [2.05, 4.69) is 16.0 Å². The van der Waals surface area contributed by atoms with Gasteiger partial charge in [0, 0.05) is 37.0 Å². The number of carbonyl (C=O) groups is 2. The van der Waals surface area contributed by atoms with E-state index in [1.807, 2.05) is 0 Å². The maximum atomic E-state index is 13.1. The van der Waals surface area contributed by atoms with E-state index in [-0.39, 0.29) is 22.6 Å². The number of amides is 2. The van der Waals surface area contributed by atoms with Crippen LogP contribution in [0.2, 0.25) is 0 Å². The van der Waals surface area contributed by atoms with Gasteiger partial charge in [-0.3, -0.25) is 19.7 Å². The van der Waals surface area contributed by atoms with Crippen LogP contribution >= 0.6 is 0 Å². The maximum absolute atomic E-state index is 13.1. The van der Waals surface area contributed by atoms with Gasteiger partial charge in [0.15, 0.2) is 11.6 Å². The number of hydrogen-bond donors (Lipinski definition) is 3. The Kier molecular flexibility index (Phi) is 7.54. The summed E-state index contributed by atoms with van der Waals surface area (Å²) in [5.41, 5.74) is -0.0837. The van der Waals surface area contributed by atoms with Gasteiger partial charge < -0.3 is 20.7 Å². The molecule has 0 aliphatic carbocycles. The number of benzene rings is 2. The minimum Gasteiger partial charge on any atom is -0.383 e. The summed E-state index contributed by atoms with van der Waals surface area (Å²) in [5.74, 6) is -3.58. The summed E-state index contributed by atoms with van der Waals surface area (Å²) in [6, 6.07) is 6.64.